The predicted molar refractivity (Wildman–Crippen MR) is 110 cm³/mol. The number of rotatable bonds is 8. The van der Waals surface area contributed by atoms with Crippen LogP contribution in [0.15, 0.2) is 18.2 Å². The van der Waals surface area contributed by atoms with Crippen molar-refractivity contribution < 1.29 is 26.4 Å². The van der Waals surface area contributed by atoms with Gasteiger partial charge in [0.1, 0.15) is 6.54 Å². The Kier molecular flexibility index (Phi) is 8.37. The number of carbonyl (C=O) groups excluding carboxylic acids is 1. The van der Waals surface area contributed by atoms with Gasteiger partial charge in [0.05, 0.1) is 22.5 Å². The Labute approximate surface area is 179 Å². The molecule has 1 aliphatic heterocycles. The molecule has 0 aliphatic carbocycles. The molecule has 12 heteroatoms. The fraction of sp³-hybridized carbons (Fsp3) is 0.611. The van der Waals surface area contributed by atoms with Crippen LogP contribution in [0.1, 0.15) is 12.0 Å². The molecule has 0 saturated carbocycles. The largest absolute Gasteiger partial charge is 0.416 e. The van der Waals surface area contributed by atoms with E-state index < -0.39 is 34.2 Å². The maximum Gasteiger partial charge on any atom is 0.416 e. The first-order valence-electron chi connectivity index (χ1n) is 9.40. The van der Waals surface area contributed by atoms with Crippen molar-refractivity contribution in [3.05, 3.63) is 28.8 Å². The van der Waals surface area contributed by atoms with Gasteiger partial charge in [-0.15, -0.1) is 0 Å². The van der Waals surface area contributed by atoms with Crippen molar-refractivity contribution in [2.75, 3.05) is 63.4 Å². The van der Waals surface area contributed by atoms with E-state index in [0.717, 1.165) is 51.1 Å². The molecule has 0 radical (unpaired) electrons. The van der Waals surface area contributed by atoms with Crippen molar-refractivity contribution in [2.24, 2.45) is 0 Å². The van der Waals surface area contributed by atoms with Crippen molar-refractivity contribution in [3.63, 3.8) is 0 Å². The summed E-state index contributed by atoms with van der Waals surface area (Å²) in [7, 11) is -1.99. The first kappa shape index (κ1) is 24.7. The first-order valence-corrected chi connectivity index (χ1v) is 11.6. The molecule has 0 spiro atoms. The van der Waals surface area contributed by atoms with E-state index in [-0.39, 0.29) is 10.7 Å². The summed E-state index contributed by atoms with van der Waals surface area (Å²) >= 11 is 5.94. The standard InChI is InChI=1S/C18H26ClF3N4O3S/c1-24-8-10-25(11-9-24)7-3-6-23-17(27)13-26(30(2,28)29)16-12-14(18(20,21)22)4-5-15(16)19/h4-5,12H,3,6-11,13H2,1-2H3,(H,23,27). The van der Waals surface area contributed by atoms with Crippen molar-refractivity contribution in [3.8, 4) is 0 Å². The molecular formula is C18H26ClF3N4O3S. The average Bonchev–Trinajstić information content (AvgIpc) is 2.63. The highest BCUT2D eigenvalue weighted by Gasteiger charge is 2.33. The maximum absolute atomic E-state index is 13.0. The van der Waals surface area contributed by atoms with Crippen LogP contribution in [0.4, 0.5) is 18.9 Å². The number of sulfonamides is 1. The van der Waals surface area contributed by atoms with Crippen molar-refractivity contribution >= 4 is 33.2 Å². The number of benzene rings is 1. The zero-order valence-corrected chi connectivity index (χ0v) is 18.4. The molecule has 0 atom stereocenters. The summed E-state index contributed by atoms with van der Waals surface area (Å²) in [6.45, 7) is 4.32. The fourth-order valence-corrected chi connectivity index (χ4v) is 4.18. The lowest BCUT2D eigenvalue weighted by atomic mass is 10.2. The van der Waals surface area contributed by atoms with Crippen LogP contribution in [0.25, 0.3) is 0 Å². The second-order valence-electron chi connectivity index (χ2n) is 7.28. The smallest absolute Gasteiger partial charge is 0.354 e. The summed E-state index contributed by atoms with van der Waals surface area (Å²) < 4.78 is 63.9. The second kappa shape index (κ2) is 10.2. The van der Waals surface area contributed by atoms with Gasteiger partial charge in [0, 0.05) is 32.7 Å². The first-order chi connectivity index (χ1) is 13.9. The maximum atomic E-state index is 13.0. The highest BCUT2D eigenvalue weighted by atomic mass is 35.5. The molecule has 1 fully saturated rings. The van der Waals surface area contributed by atoms with Crippen LogP contribution >= 0.6 is 11.6 Å². The van der Waals surface area contributed by atoms with Crippen LogP contribution in [-0.4, -0.2) is 83.2 Å². The number of alkyl halides is 3. The van der Waals surface area contributed by atoms with E-state index in [1.54, 1.807) is 0 Å². The van der Waals surface area contributed by atoms with Gasteiger partial charge in [-0.25, -0.2) is 8.42 Å². The van der Waals surface area contributed by atoms with Gasteiger partial charge in [-0.1, -0.05) is 11.6 Å². The van der Waals surface area contributed by atoms with Crippen molar-refractivity contribution in [2.45, 2.75) is 12.6 Å². The summed E-state index contributed by atoms with van der Waals surface area (Å²) in [6, 6.07) is 2.35. The Bertz CT molecular complexity index is 844. The minimum atomic E-state index is -4.67. The third kappa shape index (κ3) is 7.29. The number of carbonyl (C=O) groups is 1. The molecule has 170 valence electrons. The Morgan fingerprint density at radius 2 is 1.87 bits per heavy atom. The highest BCUT2D eigenvalue weighted by Crippen LogP contribution is 2.36. The lowest BCUT2D eigenvalue weighted by Crippen LogP contribution is -2.45. The van der Waals surface area contributed by atoms with Gasteiger partial charge in [0.25, 0.3) is 0 Å². The molecule has 1 aromatic carbocycles. The van der Waals surface area contributed by atoms with Gasteiger partial charge in [-0.3, -0.25) is 9.10 Å². The summed E-state index contributed by atoms with van der Waals surface area (Å²) in [4.78, 5) is 16.8. The Balaban J connectivity index is 1.98. The summed E-state index contributed by atoms with van der Waals surface area (Å²) in [6.07, 6.45) is -3.18. The fourth-order valence-electron chi connectivity index (χ4n) is 3.05. The monoisotopic (exact) mass is 470 g/mol. The molecule has 0 aromatic heterocycles. The molecule has 0 unspecified atom stereocenters. The minimum absolute atomic E-state index is 0.198. The van der Waals surface area contributed by atoms with E-state index in [0.29, 0.717) is 23.3 Å². The summed E-state index contributed by atoms with van der Waals surface area (Å²) in [5, 5.41) is 2.42. The highest BCUT2D eigenvalue weighted by molar-refractivity contribution is 7.92. The van der Waals surface area contributed by atoms with Gasteiger partial charge in [-0.05, 0) is 38.2 Å². The lowest BCUT2D eigenvalue weighted by Gasteiger charge is -2.32. The van der Waals surface area contributed by atoms with Crippen LogP contribution < -0.4 is 9.62 Å². The molecule has 30 heavy (non-hydrogen) atoms. The molecule has 1 aromatic rings. The number of hydrogen-bond acceptors (Lipinski definition) is 5. The number of anilines is 1. The average molecular weight is 471 g/mol. The van der Waals surface area contributed by atoms with Crippen LogP contribution in [0.3, 0.4) is 0 Å². The Morgan fingerprint density at radius 1 is 1.23 bits per heavy atom. The lowest BCUT2D eigenvalue weighted by molar-refractivity contribution is -0.137. The van der Waals surface area contributed by atoms with E-state index in [2.05, 4.69) is 22.2 Å². The van der Waals surface area contributed by atoms with E-state index >= 15 is 0 Å². The predicted octanol–water partition coefficient (Wildman–Crippen LogP) is 1.88. The third-order valence-electron chi connectivity index (χ3n) is 4.80. The summed E-state index contributed by atoms with van der Waals surface area (Å²) in [5.41, 5.74) is -1.44. The minimum Gasteiger partial charge on any atom is -0.354 e. The van der Waals surface area contributed by atoms with Gasteiger partial charge < -0.3 is 15.1 Å². The summed E-state index contributed by atoms with van der Waals surface area (Å²) in [5.74, 6) is -0.618. The van der Waals surface area contributed by atoms with Crippen molar-refractivity contribution in [1.82, 2.24) is 15.1 Å². The van der Waals surface area contributed by atoms with Crippen molar-refractivity contribution in [1.29, 1.82) is 0 Å². The molecule has 1 aliphatic rings. The normalized spacial score (nSPS) is 16.5. The van der Waals surface area contributed by atoms with Gasteiger partial charge >= 0.3 is 6.18 Å². The van der Waals surface area contributed by atoms with Crippen LogP contribution in [0.5, 0.6) is 0 Å². The van der Waals surface area contributed by atoms with E-state index in [4.69, 9.17) is 11.6 Å². The quantitative estimate of drug-likeness (QED) is 0.587. The topological polar surface area (TPSA) is 73.0 Å². The SMILES string of the molecule is CN1CCN(CCCNC(=O)CN(c2cc(C(F)(F)F)ccc2Cl)S(C)(=O)=O)CC1. The number of nitrogens with zero attached hydrogens (tertiary/aromatic N) is 3. The van der Waals surface area contributed by atoms with Crippen LogP contribution in [0, 0.1) is 0 Å². The molecule has 1 amide bonds. The molecule has 0 bridgehead atoms. The number of amides is 1. The number of piperazine rings is 1. The Hall–Kier alpha value is -1.56. The molecular weight excluding hydrogens is 445 g/mol. The number of hydrogen-bond donors (Lipinski definition) is 1. The molecule has 7 nitrogen and oxygen atoms in total. The van der Waals surface area contributed by atoms with E-state index in [1.807, 2.05) is 0 Å². The molecule has 1 saturated heterocycles. The number of halogens is 4. The zero-order chi connectivity index (χ0) is 22.5. The van der Waals surface area contributed by atoms with Gasteiger partial charge in [0.2, 0.25) is 15.9 Å². The van der Waals surface area contributed by atoms with Gasteiger partial charge in [-0.2, -0.15) is 13.2 Å². The molecule has 1 heterocycles. The number of nitrogens with one attached hydrogen (secondary N) is 1. The second-order valence-corrected chi connectivity index (χ2v) is 9.60. The third-order valence-corrected chi connectivity index (χ3v) is 6.24. The van der Waals surface area contributed by atoms with Gasteiger partial charge in [0.15, 0.2) is 0 Å². The van der Waals surface area contributed by atoms with E-state index in [9.17, 15) is 26.4 Å². The van der Waals surface area contributed by atoms with Crippen LogP contribution in [-0.2, 0) is 21.0 Å². The molecule has 1 N–H and O–H groups in total. The van der Waals surface area contributed by atoms with E-state index in [1.165, 1.54) is 0 Å². The molecule has 2 rings (SSSR count). The number of likely N-dealkylation sites (N-methyl/N-ethyl adjacent to an activating group) is 1. The van der Waals surface area contributed by atoms with Crippen LogP contribution in [0.2, 0.25) is 5.02 Å². The zero-order valence-electron chi connectivity index (χ0n) is 16.9. The Morgan fingerprint density at radius 3 is 2.43 bits per heavy atom.